The summed E-state index contributed by atoms with van der Waals surface area (Å²) in [5.41, 5.74) is 1.000. The molecule has 1 fully saturated rings. The van der Waals surface area contributed by atoms with E-state index in [1.807, 2.05) is 0 Å². The van der Waals surface area contributed by atoms with Crippen molar-refractivity contribution in [3.63, 3.8) is 0 Å². The Labute approximate surface area is 109 Å². The molecule has 0 bridgehead atoms. The molecule has 19 heavy (non-hydrogen) atoms. The average Bonchev–Trinajstić information content (AvgIpc) is 3.10. The molecule has 0 radical (unpaired) electrons. The van der Waals surface area contributed by atoms with E-state index in [0.29, 0.717) is 5.95 Å². The summed E-state index contributed by atoms with van der Waals surface area (Å²) in [6.07, 6.45) is 2.31. The Morgan fingerprint density at radius 1 is 1.42 bits per heavy atom. The molecule has 5 nitrogen and oxygen atoms in total. The lowest BCUT2D eigenvalue weighted by Crippen LogP contribution is -2.17. The van der Waals surface area contributed by atoms with Crippen LogP contribution < -0.4 is 5.32 Å². The third-order valence-electron chi connectivity index (χ3n) is 3.37. The Balaban J connectivity index is 1.65. The van der Waals surface area contributed by atoms with Gasteiger partial charge >= 0.3 is 0 Å². The van der Waals surface area contributed by atoms with Crippen molar-refractivity contribution in [2.75, 3.05) is 5.32 Å². The smallest absolute Gasteiger partial charge is 0.230 e. The Morgan fingerprint density at radius 3 is 2.79 bits per heavy atom. The zero-order chi connectivity index (χ0) is 13.4. The second-order valence-corrected chi connectivity index (χ2v) is 4.75. The van der Waals surface area contributed by atoms with E-state index in [4.69, 9.17) is 0 Å². The normalized spacial score (nSPS) is 21.2. The lowest BCUT2D eigenvalue weighted by atomic mass is 10.1. The van der Waals surface area contributed by atoms with Crippen molar-refractivity contribution in [3.8, 4) is 0 Å². The summed E-state index contributed by atoms with van der Waals surface area (Å²) in [6.45, 7) is 0. The van der Waals surface area contributed by atoms with Crippen molar-refractivity contribution in [1.82, 2.24) is 14.8 Å². The van der Waals surface area contributed by atoms with Crippen molar-refractivity contribution in [1.29, 1.82) is 0 Å². The molecule has 0 saturated heterocycles. The molecular weight excluding hydrogens is 247 g/mol. The van der Waals surface area contributed by atoms with E-state index in [2.05, 4.69) is 15.5 Å². The number of amides is 1. The zero-order valence-corrected chi connectivity index (χ0v) is 10.4. The molecule has 0 spiro atoms. The predicted octanol–water partition coefficient (Wildman–Crippen LogP) is 1.70. The molecule has 1 aliphatic rings. The average molecular weight is 260 g/mol. The fourth-order valence-corrected chi connectivity index (χ4v) is 2.16. The van der Waals surface area contributed by atoms with Crippen LogP contribution in [0.1, 0.15) is 17.9 Å². The van der Waals surface area contributed by atoms with Crippen LogP contribution in [0.3, 0.4) is 0 Å². The van der Waals surface area contributed by atoms with Gasteiger partial charge in [-0.05, 0) is 30.0 Å². The van der Waals surface area contributed by atoms with Gasteiger partial charge in [0.25, 0.3) is 0 Å². The molecule has 1 aromatic heterocycles. The summed E-state index contributed by atoms with van der Waals surface area (Å²) in [6, 6.07) is 6.31. The fourth-order valence-electron chi connectivity index (χ4n) is 2.16. The molecule has 1 amide bonds. The molecule has 98 valence electrons. The van der Waals surface area contributed by atoms with Gasteiger partial charge in [0.15, 0.2) is 0 Å². The second kappa shape index (κ2) is 4.46. The van der Waals surface area contributed by atoms with Gasteiger partial charge < -0.3 is 4.57 Å². The minimum absolute atomic E-state index is 0.0644. The van der Waals surface area contributed by atoms with Gasteiger partial charge in [-0.25, -0.2) is 4.39 Å². The van der Waals surface area contributed by atoms with Gasteiger partial charge in [-0.3, -0.25) is 10.1 Å². The van der Waals surface area contributed by atoms with Crippen molar-refractivity contribution < 1.29 is 9.18 Å². The molecule has 0 aliphatic heterocycles. The van der Waals surface area contributed by atoms with Crippen molar-refractivity contribution in [2.45, 2.75) is 12.3 Å². The first-order valence-corrected chi connectivity index (χ1v) is 6.05. The number of nitrogens with one attached hydrogen (secondary N) is 1. The third-order valence-corrected chi connectivity index (χ3v) is 3.37. The van der Waals surface area contributed by atoms with Gasteiger partial charge in [0.2, 0.25) is 11.9 Å². The van der Waals surface area contributed by atoms with Crippen molar-refractivity contribution in [3.05, 3.63) is 42.0 Å². The molecule has 2 aromatic rings. The fraction of sp³-hybridized carbons (Fsp3) is 0.308. The highest BCUT2D eigenvalue weighted by atomic mass is 19.1. The predicted molar refractivity (Wildman–Crippen MR) is 66.9 cm³/mol. The standard InChI is InChI=1S/C13H13FN4O/c1-18-7-15-17-13(18)16-12(19)11-6-10(11)8-2-4-9(14)5-3-8/h2-5,7,10-11H,6H2,1H3,(H,16,17,19). The maximum Gasteiger partial charge on any atom is 0.230 e. The summed E-state index contributed by atoms with van der Waals surface area (Å²) >= 11 is 0. The van der Waals surface area contributed by atoms with E-state index < -0.39 is 0 Å². The maximum atomic E-state index is 12.8. The van der Waals surface area contributed by atoms with Crippen LogP contribution in [-0.2, 0) is 11.8 Å². The van der Waals surface area contributed by atoms with Gasteiger partial charge in [0.05, 0.1) is 0 Å². The van der Waals surface area contributed by atoms with Gasteiger partial charge in [-0.1, -0.05) is 12.1 Å². The SMILES string of the molecule is Cn1cnnc1NC(=O)C1CC1c1ccc(F)cc1. The number of hydrogen-bond acceptors (Lipinski definition) is 3. The van der Waals surface area contributed by atoms with Gasteiger partial charge in [-0.15, -0.1) is 10.2 Å². The molecular formula is C13H13FN4O. The lowest BCUT2D eigenvalue weighted by molar-refractivity contribution is -0.117. The maximum absolute atomic E-state index is 12.8. The number of aryl methyl sites for hydroxylation is 1. The number of aromatic nitrogens is 3. The number of anilines is 1. The number of carbonyl (C=O) groups is 1. The minimum Gasteiger partial charge on any atom is -0.303 e. The van der Waals surface area contributed by atoms with Crippen LogP contribution in [-0.4, -0.2) is 20.7 Å². The van der Waals surface area contributed by atoms with Gasteiger partial charge in [0, 0.05) is 13.0 Å². The molecule has 1 aromatic carbocycles. The topological polar surface area (TPSA) is 59.8 Å². The van der Waals surface area contributed by atoms with E-state index in [9.17, 15) is 9.18 Å². The Morgan fingerprint density at radius 2 is 2.16 bits per heavy atom. The highest BCUT2D eigenvalue weighted by Crippen LogP contribution is 2.47. The third kappa shape index (κ3) is 2.33. The first kappa shape index (κ1) is 11.8. The van der Waals surface area contributed by atoms with E-state index in [0.717, 1.165) is 12.0 Å². The van der Waals surface area contributed by atoms with Crippen LogP contribution >= 0.6 is 0 Å². The van der Waals surface area contributed by atoms with Crippen LogP contribution in [0, 0.1) is 11.7 Å². The second-order valence-electron chi connectivity index (χ2n) is 4.75. The van der Waals surface area contributed by atoms with E-state index in [-0.39, 0.29) is 23.6 Å². The summed E-state index contributed by atoms with van der Waals surface area (Å²) in [7, 11) is 1.76. The number of halogens is 1. The molecule has 2 unspecified atom stereocenters. The summed E-state index contributed by atoms with van der Waals surface area (Å²) in [5, 5.41) is 10.2. The van der Waals surface area contributed by atoms with E-state index >= 15 is 0 Å². The molecule has 6 heteroatoms. The molecule has 1 saturated carbocycles. The first-order chi connectivity index (χ1) is 9.15. The Kier molecular flexibility index (Phi) is 2.77. The largest absolute Gasteiger partial charge is 0.303 e. The van der Waals surface area contributed by atoms with Crippen molar-refractivity contribution >= 4 is 11.9 Å². The number of carbonyl (C=O) groups excluding carboxylic acids is 1. The molecule has 3 rings (SSSR count). The number of hydrogen-bond donors (Lipinski definition) is 1. The van der Waals surface area contributed by atoms with Crippen molar-refractivity contribution in [2.24, 2.45) is 13.0 Å². The Bertz CT molecular complexity index is 607. The molecule has 1 heterocycles. The first-order valence-electron chi connectivity index (χ1n) is 6.05. The number of benzene rings is 1. The van der Waals surface area contributed by atoms with Crippen LogP contribution in [0.25, 0.3) is 0 Å². The minimum atomic E-state index is -0.260. The summed E-state index contributed by atoms with van der Waals surface area (Å²) < 4.78 is 14.5. The molecule has 1 aliphatic carbocycles. The Hall–Kier alpha value is -2.24. The van der Waals surface area contributed by atoms with Crippen LogP contribution in [0.15, 0.2) is 30.6 Å². The van der Waals surface area contributed by atoms with Crippen LogP contribution in [0.2, 0.25) is 0 Å². The highest BCUT2D eigenvalue weighted by molar-refractivity contribution is 5.93. The highest BCUT2D eigenvalue weighted by Gasteiger charge is 2.44. The summed E-state index contributed by atoms with van der Waals surface area (Å²) in [5.74, 6) is 0.223. The lowest BCUT2D eigenvalue weighted by Gasteiger charge is -2.03. The number of nitrogens with zero attached hydrogens (tertiary/aromatic N) is 3. The molecule has 2 atom stereocenters. The van der Waals surface area contributed by atoms with Gasteiger partial charge in [-0.2, -0.15) is 0 Å². The zero-order valence-electron chi connectivity index (χ0n) is 10.4. The van der Waals surface area contributed by atoms with Gasteiger partial charge in [0.1, 0.15) is 12.1 Å². The van der Waals surface area contributed by atoms with Crippen LogP contribution in [0.5, 0.6) is 0 Å². The monoisotopic (exact) mass is 260 g/mol. The molecule has 1 N–H and O–H groups in total. The summed E-state index contributed by atoms with van der Waals surface area (Å²) in [4.78, 5) is 12.0. The quantitative estimate of drug-likeness (QED) is 0.913. The number of rotatable bonds is 3. The van der Waals surface area contributed by atoms with Crippen LogP contribution in [0.4, 0.5) is 10.3 Å². The van der Waals surface area contributed by atoms with E-state index in [1.165, 1.54) is 18.5 Å². The van der Waals surface area contributed by atoms with E-state index in [1.54, 1.807) is 23.7 Å².